The number of carbonyl (C=O) groups excluding carboxylic acids is 1. The number of amides is 1. The van der Waals surface area contributed by atoms with Crippen molar-refractivity contribution in [2.24, 2.45) is 11.8 Å². The summed E-state index contributed by atoms with van der Waals surface area (Å²) in [5.41, 5.74) is 3.19. The van der Waals surface area contributed by atoms with E-state index in [1.165, 1.54) is 38.8 Å². The minimum Gasteiger partial charge on any atom is -0.357 e. The fourth-order valence-corrected chi connectivity index (χ4v) is 4.97. The molecule has 2 aliphatic carbocycles. The summed E-state index contributed by atoms with van der Waals surface area (Å²) in [5.74, 6) is 2.81. The second-order valence-corrected chi connectivity index (χ2v) is 10.6. The number of hydrogen-bond acceptors (Lipinski definition) is 8. The Kier molecular flexibility index (Phi) is 6.50. The zero-order valence-electron chi connectivity index (χ0n) is 21.7. The third kappa shape index (κ3) is 5.44. The maximum atomic E-state index is 13.6. The highest BCUT2D eigenvalue weighted by atomic mass is 16.2. The number of nitrogens with one attached hydrogen (secondary N) is 1. The van der Waals surface area contributed by atoms with E-state index in [1.807, 2.05) is 54.0 Å². The third-order valence-electron chi connectivity index (χ3n) is 7.36. The van der Waals surface area contributed by atoms with E-state index in [9.17, 15) is 4.79 Å². The minimum atomic E-state index is -0.102. The summed E-state index contributed by atoms with van der Waals surface area (Å²) in [6, 6.07) is 7.93. The molecule has 2 fully saturated rings. The number of hydrogen-bond donors (Lipinski definition) is 1. The topological polar surface area (TPSA) is 95.3 Å². The monoisotopic (exact) mass is 501 g/mol. The van der Waals surface area contributed by atoms with Crippen molar-refractivity contribution >= 4 is 23.4 Å². The van der Waals surface area contributed by atoms with Crippen molar-refractivity contribution in [2.45, 2.75) is 39.2 Å². The summed E-state index contributed by atoms with van der Waals surface area (Å²) in [6.45, 7) is 7.11. The van der Waals surface area contributed by atoms with Crippen LogP contribution in [0.4, 0.5) is 17.5 Å². The van der Waals surface area contributed by atoms with E-state index in [4.69, 9.17) is 0 Å². The number of aromatic nitrogens is 5. The molecular weight excluding hydrogens is 466 g/mol. The minimum absolute atomic E-state index is 0.102. The summed E-state index contributed by atoms with van der Waals surface area (Å²) in [4.78, 5) is 28.9. The van der Waals surface area contributed by atoms with Gasteiger partial charge < -0.3 is 15.1 Å². The number of benzene rings is 1. The smallest absolute Gasteiger partial charge is 0.263 e. The molecule has 1 aromatic carbocycles. The van der Waals surface area contributed by atoms with Gasteiger partial charge in [0.15, 0.2) is 0 Å². The van der Waals surface area contributed by atoms with Crippen LogP contribution in [-0.4, -0.2) is 75.5 Å². The van der Waals surface area contributed by atoms with Crippen LogP contribution in [0.5, 0.6) is 0 Å². The Hall–Kier alpha value is -3.53. The van der Waals surface area contributed by atoms with Gasteiger partial charge in [-0.3, -0.25) is 9.69 Å². The van der Waals surface area contributed by atoms with Gasteiger partial charge in [-0.15, -0.1) is 5.10 Å². The lowest BCUT2D eigenvalue weighted by molar-refractivity contribution is 0.0989. The van der Waals surface area contributed by atoms with Crippen LogP contribution in [0, 0.1) is 11.8 Å². The molecule has 2 saturated carbocycles. The van der Waals surface area contributed by atoms with Crippen molar-refractivity contribution < 1.29 is 4.79 Å². The highest BCUT2D eigenvalue weighted by Crippen LogP contribution is 2.34. The highest BCUT2D eigenvalue weighted by molar-refractivity contribution is 6.09. The molecule has 0 atom stereocenters. The van der Waals surface area contributed by atoms with E-state index < -0.39 is 0 Å². The first-order valence-electron chi connectivity index (χ1n) is 13.5. The molecule has 2 aromatic heterocycles. The zero-order chi connectivity index (χ0) is 25.4. The van der Waals surface area contributed by atoms with Crippen molar-refractivity contribution in [2.75, 3.05) is 54.9 Å². The molecule has 1 amide bonds. The Morgan fingerprint density at radius 3 is 2.57 bits per heavy atom. The molecule has 1 N–H and O–H groups in total. The molecule has 3 aliphatic rings. The molecule has 37 heavy (non-hydrogen) atoms. The van der Waals surface area contributed by atoms with Crippen LogP contribution in [0.1, 0.15) is 48.7 Å². The summed E-state index contributed by atoms with van der Waals surface area (Å²) in [6.07, 6.45) is 9.09. The number of rotatable bonds is 10. The second kappa shape index (κ2) is 10.1. The molecule has 3 heterocycles. The molecule has 194 valence electrons. The molecule has 0 spiro atoms. The van der Waals surface area contributed by atoms with E-state index in [1.54, 1.807) is 11.1 Å². The van der Waals surface area contributed by atoms with E-state index in [0.29, 0.717) is 30.4 Å². The number of nitrogens with zero attached hydrogens (tertiary/aromatic N) is 8. The summed E-state index contributed by atoms with van der Waals surface area (Å²) >= 11 is 0. The SMILES string of the molecule is CCNc1ncc2c(n1)N(C)CCN(c1cccc(-n3cc(CN(CC4CC4)CC4CC4)nn3)c1)C2=O. The van der Waals surface area contributed by atoms with Gasteiger partial charge in [0.1, 0.15) is 11.4 Å². The Balaban J connectivity index is 1.21. The largest absolute Gasteiger partial charge is 0.357 e. The molecular formula is C27H35N9O. The fraction of sp³-hybridized carbons (Fsp3) is 0.519. The normalized spacial score (nSPS) is 17.8. The fourth-order valence-electron chi connectivity index (χ4n) is 4.97. The lowest BCUT2D eigenvalue weighted by Crippen LogP contribution is -2.33. The van der Waals surface area contributed by atoms with Gasteiger partial charge in [-0.05, 0) is 62.6 Å². The molecule has 0 bridgehead atoms. The molecule has 1 aliphatic heterocycles. The summed E-state index contributed by atoms with van der Waals surface area (Å²) in [5, 5.41) is 12.0. The lowest BCUT2D eigenvalue weighted by Gasteiger charge is -2.21. The lowest BCUT2D eigenvalue weighted by atomic mass is 10.2. The van der Waals surface area contributed by atoms with Gasteiger partial charge in [-0.1, -0.05) is 11.3 Å². The first-order valence-corrected chi connectivity index (χ1v) is 13.5. The van der Waals surface area contributed by atoms with Crippen LogP contribution >= 0.6 is 0 Å². The first kappa shape index (κ1) is 23.8. The standard InChI is InChI=1S/C27H35N9O/c1-3-28-27-29-14-24-25(30-27)33(2)11-12-35(26(24)37)22-5-4-6-23(13-22)36-18-21(31-32-36)17-34(15-19-7-8-19)16-20-9-10-20/h4-6,13-14,18-20H,3,7-12,15-17H2,1-2H3,(H,28,29,30). The average Bonchev–Trinajstić information content (AvgIpc) is 3.84. The summed E-state index contributed by atoms with van der Waals surface area (Å²) in [7, 11) is 1.96. The molecule has 0 unspecified atom stereocenters. The number of carbonyl (C=O) groups is 1. The van der Waals surface area contributed by atoms with Gasteiger partial charge in [0, 0.05) is 58.2 Å². The van der Waals surface area contributed by atoms with Crippen LogP contribution in [0.2, 0.25) is 0 Å². The average molecular weight is 502 g/mol. The van der Waals surface area contributed by atoms with Crippen molar-refractivity contribution in [3.8, 4) is 5.69 Å². The molecule has 10 nitrogen and oxygen atoms in total. The van der Waals surface area contributed by atoms with Crippen LogP contribution in [0.15, 0.2) is 36.7 Å². The van der Waals surface area contributed by atoms with Gasteiger partial charge in [-0.2, -0.15) is 4.98 Å². The molecule has 0 radical (unpaired) electrons. The highest BCUT2D eigenvalue weighted by Gasteiger charge is 2.30. The van der Waals surface area contributed by atoms with Gasteiger partial charge in [0.2, 0.25) is 5.95 Å². The number of anilines is 3. The van der Waals surface area contributed by atoms with Crippen LogP contribution in [0.3, 0.4) is 0 Å². The van der Waals surface area contributed by atoms with Crippen molar-refractivity contribution in [3.63, 3.8) is 0 Å². The van der Waals surface area contributed by atoms with Gasteiger partial charge in [0.25, 0.3) is 5.91 Å². The van der Waals surface area contributed by atoms with Gasteiger partial charge >= 0.3 is 0 Å². The zero-order valence-corrected chi connectivity index (χ0v) is 21.7. The van der Waals surface area contributed by atoms with E-state index >= 15 is 0 Å². The molecule has 3 aromatic rings. The third-order valence-corrected chi connectivity index (χ3v) is 7.36. The van der Waals surface area contributed by atoms with Gasteiger partial charge in [0.05, 0.1) is 17.6 Å². The van der Waals surface area contributed by atoms with Gasteiger partial charge in [-0.25, -0.2) is 9.67 Å². The molecule has 0 saturated heterocycles. The predicted octanol–water partition coefficient (Wildman–Crippen LogP) is 3.21. The van der Waals surface area contributed by atoms with E-state index in [0.717, 1.165) is 42.0 Å². The van der Waals surface area contributed by atoms with Crippen molar-refractivity contribution in [3.05, 3.63) is 47.9 Å². The Bertz CT molecular complexity index is 1250. The van der Waals surface area contributed by atoms with Crippen molar-refractivity contribution in [1.29, 1.82) is 0 Å². The second-order valence-electron chi connectivity index (χ2n) is 10.6. The number of fused-ring (bicyclic) bond motifs is 1. The van der Waals surface area contributed by atoms with Crippen LogP contribution in [-0.2, 0) is 6.54 Å². The molecule has 6 rings (SSSR count). The quantitative estimate of drug-likeness (QED) is 0.453. The maximum absolute atomic E-state index is 13.6. The summed E-state index contributed by atoms with van der Waals surface area (Å²) < 4.78 is 1.82. The Labute approximate surface area is 217 Å². The van der Waals surface area contributed by atoms with Crippen molar-refractivity contribution in [1.82, 2.24) is 29.9 Å². The Morgan fingerprint density at radius 1 is 1.08 bits per heavy atom. The Morgan fingerprint density at radius 2 is 1.84 bits per heavy atom. The number of likely N-dealkylation sites (N-methyl/N-ethyl adjacent to an activating group) is 1. The predicted molar refractivity (Wildman–Crippen MR) is 143 cm³/mol. The molecule has 10 heteroatoms. The van der Waals surface area contributed by atoms with E-state index in [-0.39, 0.29) is 5.91 Å². The first-order chi connectivity index (χ1) is 18.1. The maximum Gasteiger partial charge on any atom is 0.263 e. The van der Waals surface area contributed by atoms with Crippen LogP contribution < -0.4 is 15.1 Å². The van der Waals surface area contributed by atoms with E-state index in [2.05, 4.69) is 30.5 Å². The van der Waals surface area contributed by atoms with Crippen LogP contribution in [0.25, 0.3) is 5.69 Å².